The number of hydrogen-bond donors (Lipinski definition) is 3. The molecule has 0 spiro atoms. The van der Waals surface area contributed by atoms with Gasteiger partial charge in [0, 0.05) is 52.4 Å². The first-order valence-electron chi connectivity index (χ1n) is 13.8. The van der Waals surface area contributed by atoms with E-state index >= 15 is 0 Å². The number of ether oxygens (including phenoxy) is 1. The molecule has 10 nitrogen and oxygen atoms in total. The van der Waals surface area contributed by atoms with Crippen molar-refractivity contribution in [3.05, 3.63) is 58.4 Å². The Balaban J connectivity index is 1.15. The molecule has 212 valence electrons. The maximum atomic E-state index is 11.9. The SMILES string of the molecule is COc1ccc(NC=O)c(C2CC2c2ccc3c(Nc4nc(C5CC5)nc(N5CCS(=O)CC5)c4Cl)n[nH]c3c2)c1. The normalized spacial score (nSPS) is 20.7. The number of benzene rings is 2. The van der Waals surface area contributed by atoms with Crippen molar-refractivity contribution in [1.29, 1.82) is 0 Å². The number of H-pyrrole nitrogens is 1. The molecule has 12 heteroatoms. The summed E-state index contributed by atoms with van der Waals surface area (Å²) in [6.07, 6.45) is 3.84. The van der Waals surface area contributed by atoms with E-state index in [-0.39, 0.29) is 5.92 Å². The molecule has 1 aliphatic heterocycles. The van der Waals surface area contributed by atoms with Gasteiger partial charge < -0.3 is 20.3 Å². The topological polar surface area (TPSA) is 125 Å². The van der Waals surface area contributed by atoms with Crippen molar-refractivity contribution < 1.29 is 13.7 Å². The molecule has 41 heavy (non-hydrogen) atoms. The van der Waals surface area contributed by atoms with E-state index in [1.807, 2.05) is 18.2 Å². The Morgan fingerprint density at radius 3 is 2.68 bits per heavy atom. The highest BCUT2D eigenvalue weighted by Crippen LogP contribution is 2.57. The number of nitrogens with zero attached hydrogens (tertiary/aromatic N) is 4. The van der Waals surface area contributed by atoms with E-state index in [4.69, 9.17) is 26.3 Å². The van der Waals surface area contributed by atoms with Gasteiger partial charge in [-0.2, -0.15) is 5.10 Å². The molecule has 1 saturated heterocycles. The number of carbonyl (C=O) groups excluding carboxylic acids is 1. The molecule has 3 heterocycles. The van der Waals surface area contributed by atoms with Crippen molar-refractivity contribution in [2.75, 3.05) is 47.2 Å². The van der Waals surface area contributed by atoms with Crippen LogP contribution in [0.2, 0.25) is 5.02 Å². The molecule has 1 amide bonds. The van der Waals surface area contributed by atoms with Crippen LogP contribution < -0.4 is 20.3 Å². The lowest BCUT2D eigenvalue weighted by Gasteiger charge is -2.28. The van der Waals surface area contributed by atoms with Gasteiger partial charge in [0.1, 0.15) is 16.6 Å². The monoisotopic (exact) mass is 591 g/mol. The molecule has 0 radical (unpaired) electrons. The Bertz CT molecular complexity index is 1660. The van der Waals surface area contributed by atoms with Gasteiger partial charge >= 0.3 is 0 Å². The molecule has 2 aromatic heterocycles. The quantitative estimate of drug-likeness (QED) is 0.231. The summed E-state index contributed by atoms with van der Waals surface area (Å²) < 4.78 is 17.3. The van der Waals surface area contributed by atoms with Crippen LogP contribution in [-0.2, 0) is 15.6 Å². The van der Waals surface area contributed by atoms with E-state index in [1.165, 1.54) is 5.56 Å². The summed E-state index contributed by atoms with van der Waals surface area (Å²) >= 11 is 6.87. The molecule has 2 saturated carbocycles. The number of anilines is 4. The predicted molar refractivity (Wildman–Crippen MR) is 161 cm³/mol. The van der Waals surface area contributed by atoms with Crippen LogP contribution >= 0.6 is 11.6 Å². The number of amides is 1. The van der Waals surface area contributed by atoms with Gasteiger partial charge in [-0.3, -0.25) is 14.1 Å². The largest absolute Gasteiger partial charge is 0.497 e. The van der Waals surface area contributed by atoms with Crippen LogP contribution in [0.1, 0.15) is 54.0 Å². The Kier molecular flexibility index (Phi) is 6.78. The fraction of sp³-hybridized carbons (Fsp3) is 0.379. The summed E-state index contributed by atoms with van der Waals surface area (Å²) in [5.74, 6) is 5.65. The van der Waals surface area contributed by atoms with Gasteiger partial charge in [0.15, 0.2) is 17.5 Å². The molecule has 3 N–H and O–H groups in total. The van der Waals surface area contributed by atoms with Crippen LogP contribution in [0.25, 0.3) is 10.9 Å². The van der Waals surface area contributed by atoms with Gasteiger partial charge in [-0.25, -0.2) is 9.97 Å². The number of aromatic nitrogens is 4. The lowest BCUT2D eigenvalue weighted by Crippen LogP contribution is -2.38. The third-order valence-corrected chi connectivity index (χ3v) is 9.81. The molecule has 3 aliphatic rings. The van der Waals surface area contributed by atoms with E-state index in [2.05, 4.69) is 43.9 Å². The zero-order valence-electron chi connectivity index (χ0n) is 22.5. The van der Waals surface area contributed by atoms with Gasteiger partial charge in [-0.1, -0.05) is 17.7 Å². The van der Waals surface area contributed by atoms with E-state index in [0.29, 0.717) is 65.3 Å². The summed E-state index contributed by atoms with van der Waals surface area (Å²) in [5.41, 5.74) is 4.01. The zero-order valence-corrected chi connectivity index (χ0v) is 24.1. The van der Waals surface area contributed by atoms with Crippen molar-refractivity contribution in [1.82, 2.24) is 20.2 Å². The number of fused-ring (bicyclic) bond motifs is 1. The number of carbonyl (C=O) groups is 1. The van der Waals surface area contributed by atoms with Crippen molar-refractivity contribution in [2.24, 2.45) is 0 Å². The number of hydrogen-bond acceptors (Lipinski definition) is 8. The third-order valence-electron chi connectivity index (χ3n) is 8.19. The van der Waals surface area contributed by atoms with Gasteiger partial charge in [-0.05, 0) is 72.6 Å². The van der Waals surface area contributed by atoms with E-state index in [1.54, 1.807) is 7.11 Å². The highest BCUT2D eigenvalue weighted by atomic mass is 35.5. The highest BCUT2D eigenvalue weighted by Gasteiger charge is 2.41. The van der Waals surface area contributed by atoms with Crippen LogP contribution in [0.5, 0.6) is 5.75 Å². The smallest absolute Gasteiger partial charge is 0.211 e. The average molecular weight is 592 g/mol. The van der Waals surface area contributed by atoms with E-state index in [9.17, 15) is 9.00 Å². The minimum Gasteiger partial charge on any atom is -0.497 e. The summed E-state index contributed by atoms with van der Waals surface area (Å²) in [7, 11) is 0.857. The van der Waals surface area contributed by atoms with Crippen LogP contribution in [0.4, 0.5) is 23.1 Å². The first-order chi connectivity index (χ1) is 20.0. The molecule has 2 aliphatic carbocycles. The van der Waals surface area contributed by atoms with Crippen molar-refractivity contribution in [3.63, 3.8) is 0 Å². The maximum Gasteiger partial charge on any atom is 0.211 e. The van der Waals surface area contributed by atoms with Crippen LogP contribution in [-0.4, -0.2) is 62.5 Å². The highest BCUT2D eigenvalue weighted by molar-refractivity contribution is 7.85. The maximum absolute atomic E-state index is 11.9. The molecule has 7 rings (SSSR count). The zero-order chi connectivity index (χ0) is 28.1. The van der Waals surface area contributed by atoms with Crippen molar-refractivity contribution >= 4 is 62.9 Å². The van der Waals surface area contributed by atoms with Gasteiger partial charge in [-0.15, -0.1) is 0 Å². The lowest BCUT2D eigenvalue weighted by molar-refractivity contribution is -0.105. The molecule has 2 aromatic carbocycles. The standard InChI is InChI=1S/C29H30ClN7O3S/c1-40-18-5-7-23(31-15-38)22(13-18)21-14-20(21)17-4-6-19-24(12-17)35-36-27(19)33-28-25(30)29(34-26(32-28)16-2-3-16)37-8-10-41(39)11-9-37/h4-7,12-13,15-16,20-21H,2-3,8-11,14H2,1H3,(H,31,38)(H2,32,33,34,35,36). The molecular weight excluding hydrogens is 562 g/mol. The fourth-order valence-corrected chi connectivity index (χ4v) is 6.97. The van der Waals surface area contributed by atoms with Crippen molar-refractivity contribution in [3.8, 4) is 5.75 Å². The number of halogens is 1. The number of aromatic amines is 1. The number of rotatable bonds is 9. The Labute approximate surface area is 244 Å². The Morgan fingerprint density at radius 2 is 1.93 bits per heavy atom. The Hall–Kier alpha value is -3.70. The second-order valence-corrected chi connectivity index (χ2v) is 12.9. The molecular formula is C29H30ClN7O3S. The summed E-state index contributed by atoms with van der Waals surface area (Å²) in [6.45, 7) is 1.32. The molecule has 2 atom stereocenters. The van der Waals surface area contributed by atoms with E-state index < -0.39 is 10.8 Å². The molecule has 2 unspecified atom stereocenters. The summed E-state index contributed by atoms with van der Waals surface area (Å²) in [4.78, 5) is 22.9. The van der Waals surface area contributed by atoms with Crippen LogP contribution in [0.15, 0.2) is 36.4 Å². The summed E-state index contributed by atoms with van der Waals surface area (Å²) in [5, 5.41) is 15.3. The van der Waals surface area contributed by atoms with Crippen molar-refractivity contribution in [2.45, 2.75) is 37.0 Å². The number of methoxy groups -OCH3 is 1. The van der Waals surface area contributed by atoms with Gasteiger partial charge in [0.05, 0.1) is 12.6 Å². The molecule has 0 bridgehead atoms. The summed E-state index contributed by atoms with van der Waals surface area (Å²) in [6, 6.07) is 12.1. The third kappa shape index (κ3) is 5.12. The predicted octanol–water partition coefficient (Wildman–Crippen LogP) is 5.04. The molecule has 4 aromatic rings. The molecule has 3 fully saturated rings. The minimum atomic E-state index is -0.789. The minimum absolute atomic E-state index is 0.289. The van der Waals surface area contributed by atoms with Gasteiger partial charge in [0.2, 0.25) is 6.41 Å². The average Bonchev–Trinajstić information content (AvgIpc) is 3.93. The second-order valence-electron chi connectivity index (χ2n) is 10.8. The fourth-order valence-electron chi connectivity index (χ4n) is 5.67. The first-order valence-corrected chi connectivity index (χ1v) is 15.7. The lowest BCUT2D eigenvalue weighted by atomic mass is 10.0. The van der Waals surface area contributed by atoms with Crippen LogP contribution in [0.3, 0.4) is 0 Å². The van der Waals surface area contributed by atoms with Crippen LogP contribution in [0, 0.1) is 0 Å². The Morgan fingerprint density at radius 1 is 1.10 bits per heavy atom. The van der Waals surface area contributed by atoms with Gasteiger partial charge in [0.25, 0.3) is 0 Å². The first kappa shape index (κ1) is 26.2. The van der Waals surface area contributed by atoms with E-state index in [0.717, 1.165) is 53.0 Å². The number of nitrogens with one attached hydrogen (secondary N) is 3. The second kappa shape index (κ2) is 10.6.